The molecule has 172 valence electrons. The minimum Gasteiger partial charge on any atom is -0.459 e. The fourth-order valence-electron chi connectivity index (χ4n) is 5.02. The predicted octanol–water partition coefficient (Wildman–Crippen LogP) is 4.62. The zero-order chi connectivity index (χ0) is 22.2. The Morgan fingerprint density at radius 3 is 2.76 bits per heavy atom. The minimum atomic E-state index is -0.216. The number of amides is 1. The van der Waals surface area contributed by atoms with Crippen molar-refractivity contribution in [3.63, 3.8) is 0 Å². The van der Waals surface area contributed by atoms with Crippen LogP contribution in [0.3, 0.4) is 0 Å². The lowest BCUT2D eigenvalue weighted by molar-refractivity contribution is 0.0239. The van der Waals surface area contributed by atoms with Gasteiger partial charge in [-0.25, -0.2) is 0 Å². The lowest BCUT2D eigenvalue weighted by Crippen LogP contribution is -2.40. The van der Waals surface area contributed by atoms with Gasteiger partial charge < -0.3 is 23.9 Å². The van der Waals surface area contributed by atoms with E-state index in [0.717, 1.165) is 48.0 Å². The maximum Gasteiger partial charge on any atom is 0.291 e. The monoisotopic (exact) mass is 466 g/mol. The van der Waals surface area contributed by atoms with E-state index in [9.17, 15) is 4.79 Å². The molecule has 1 fully saturated rings. The van der Waals surface area contributed by atoms with Gasteiger partial charge in [-0.2, -0.15) is 0 Å². The van der Waals surface area contributed by atoms with Crippen molar-refractivity contribution < 1.29 is 23.4 Å². The van der Waals surface area contributed by atoms with Crippen LogP contribution in [0, 0.1) is 0 Å². The van der Waals surface area contributed by atoms with E-state index in [0.29, 0.717) is 19.0 Å². The highest BCUT2D eigenvalue weighted by atomic mass is 32.1. The van der Waals surface area contributed by atoms with Crippen LogP contribution in [0.1, 0.15) is 51.0 Å². The predicted molar refractivity (Wildman–Crippen MR) is 124 cm³/mol. The molecule has 1 amide bonds. The maximum atomic E-state index is 13.0. The number of hydrogen-bond donors (Lipinski definition) is 1. The normalized spacial score (nSPS) is 18.7. The molecular weight excluding hydrogens is 440 g/mol. The second kappa shape index (κ2) is 8.85. The van der Waals surface area contributed by atoms with E-state index < -0.39 is 0 Å². The van der Waals surface area contributed by atoms with Gasteiger partial charge in [0.05, 0.1) is 25.5 Å². The fourth-order valence-corrected chi connectivity index (χ4v) is 6.34. The number of morpholine rings is 1. The van der Waals surface area contributed by atoms with Gasteiger partial charge in [-0.3, -0.25) is 9.69 Å². The maximum absolute atomic E-state index is 13.0. The molecule has 0 saturated carbocycles. The number of thiophene rings is 1. The molecule has 3 aliphatic rings. The highest BCUT2D eigenvalue weighted by molar-refractivity contribution is 7.16. The Balaban J connectivity index is 1.46. The smallest absolute Gasteiger partial charge is 0.291 e. The number of aryl methyl sites for hydroxylation is 1. The number of ether oxygens (including phenoxy) is 3. The van der Waals surface area contributed by atoms with Crippen molar-refractivity contribution in [2.45, 2.75) is 31.7 Å². The number of carbonyl (C=O) groups excluding carboxylic acids is 1. The Hall–Kier alpha value is -2.81. The number of hydrogen-bond acceptors (Lipinski definition) is 7. The van der Waals surface area contributed by atoms with Crippen LogP contribution in [0.15, 0.2) is 41.0 Å². The average molecular weight is 467 g/mol. The van der Waals surface area contributed by atoms with E-state index in [1.54, 1.807) is 23.5 Å². The fraction of sp³-hybridized carbons (Fsp3) is 0.400. The molecule has 0 bridgehead atoms. The van der Waals surface area contributed by atoms with Crippen LogP contribution in [0.25, 0.3) is 0 Å². The molecule has 2 aliphatic heterocycles. The third-order valence-electron chi connectivity index (χ3n) is 6.58. The van der Waals surface area contributed by atoms with E-state index in [1.807, 2.05) is 6.07 Å². The van der Waals surface area contributed by atoms with Crippen molar-refractivity contribution in [1.29, 1.82) is 0 Å². The van der Waals surface area contributed by atoms with Crippen LogP contribution in [0.2, 0.25) is 0 Å². The van der Waals surface area contributed by atoms with E-state index in [2.05, 4.69) is 22.3 Å². The first-order valence-corrected chi connectivity index (χ1v) is 12.3. The van der Waals surface area contributed by atoms with Crippen LogP contribution in [-0.4, -0.2) is 43.9 Å². The summed E-state index contributed by atoms with van der Waals surface area (Å²) in [7, 11) is 0. The quantitative estimate of drug-likeness (QED) is 0.592. The summed E-state index contributed by atoms with van der Waals surface area (Å²) in [5.74, 6) is 1.65. The third-order valence-corrected chi connectivity index (χ3v) is 7.80. The van der Waals surface area contributed by atoms with Crippen molar-refractivity contribution in [2.24, 2.45) is 0 Å². The largest absolute Gasteiger partial charge is 0.459 e. The first-order valence-electron chi connectivity index (χ1n) is 11.5. The van der Waals surface area contributed by atoms with Gasteiger partial charge in [0.2, 0.25) is 6.79 Å². The van der Waals surface area contributed by atoms with E-state index in [4.69, 9.17) is 18.6 Å². The van der Waals surface area contributed by atoms with Crippen molar-refractivity contribution in [3.8, 4) is 11.5 Å². The molecule has 3 aromatic rings. The topological polar surface area (TPSA) is 73.2 Å². The molecule has 1 atom stereocenters. The number of nitrogens with zero attached hydrogens (tertiary/aromatic N) is 1. The van der Waals surface area contributed by atoms with Crippen LogP contribution in [-0.2, 0) is 17.6 Å². The van der Waals surface area contributed by atoms with Crippen molar-refractivity contribution >= 4 is 22.2 Å². The van der Waals surface area contributed by atoms with Crippen LogP contribution in [0.5, 0.6) is 11.5 Å². The minimum absolute atomic E-state index is 0.00611. The molecule has 8 heteroatoms. The van der Waals surface area contributed by atoms with E-state index >= 15 is 0 Å². The van der Waals surface area contributed by atoms with Crippen molar-refractivity contribution in [3.05, 3.63) is 63.9 Å². The van der Waals surface area contributed by atoms with Gasteiger partial charge in [0, 0.05) is 23.5 Å². The summed E-state index contributed by atoms with van der Waals surface area (Å²) in [6, 6.07) is 9.63. The molecule has 2 aromatic heterocycles. The van der Waals surface area contributed by atoms with E-state index in [1.165, 1.54) is 35.1 Å². The first kappa shape index (κ1) is 20.8. The molecule has 7 nitrogen and oxygen atoms in total. The van der Waals surface area contributed by atoms with Gasteiger partial charge in [0.15, 0.2) is 17.3 Å². The van der Waals surface area contributed by atoms with Crippen LogP contribution >= 0.6 is 11.3 Å². The summed E-state index contributed by atoms with van der Waals surface area (Å²) in [4.78, 5) is 16.8. The summed E-state index contributed by atoms with van der Waals surface area (Å²) in [6.07, 6.45) is 5.96. The summed E-state index contributed by atoms with van der Waals surface area (Å²) >= 11 is 1.71. The van der Waals surface area contributed by atoms with Gasteiger partial charge in [-0.1, -0.05) is 6.07 Å². The summed E-state index contributed by atoms with van der Waals surface area (Å²) in [6.45, 7) is 3.30. The Morgan fingerprint density at radius 1 is 1.06 bits per heavy atom. The zero-order valence-electron chi connectivity index (χ0n) is 18.3. The number of nitrogens with one attached hydrogen (secondary N) is 1. The summed E-state index contributed by atoms with van der Waals surface area (Å²) in [5, 5.41) is 4.10. The Labute approximate surface area is 196 Å². The molecule has 1 aliphatic carbocycles. The average Bonchev–Trinajstić information content (AvgIpc) is 3.60. The SMILES string of the molecule is O=C(Nc1sc2c(c1[C@H](c1ccc3c(c1)OCO3)N1CCOCC1)CCCC2)c1ccco1. The second-order valence-electron chi connectivity index (χ2n) is 8.55. The first-order chi connectivity index (χ1) is 16.3. The molecule has 1 aromatic carbocycles. The number of anilines is 1. The lowest BCUT2D eigenvalue weighted by atomic mass is 9.88. The molecule has 1 N–H and O–H groups in total. The van der Waals surface area contributed by atoms with Gasteiger partial charge in [-0.05, 0) is 61.1 Å². The van der Waals surface area contributed by atoms with Gasteiger partial charge in [-0.15, -0.1) is 11.3 Å². The van der Waals surface area contributed by atoms with Gasteiger partial charge >= 0.3 is 0 Å². The van der Waals surface area contributed by atoms with Crippen LogP contribution < -0.4 is 14.8 Å². The molecule has 33 heavy (non-hydrogen) atoms. The van der Waals surface area contributed by atoms with Crippen molar-refractivity contribution in [1.82, 2.24) is 4.90 Å². The second-order valence-corrected chi connectivity index (χ2v) is 9.65. The molecule has 0 spiro atoms. The molecule has 1 saturated heterocycles. The Morgan fingerprint density at radius 2 is 1.91 bits per heavy atom. The number of carbonyl (C=O) groups is 1. The number of rotatable bonds is 5. The van der Waals surface area contributed by atoms with Gasteiger partial charge in [0.1, 0.15) is 5.00 Å². The highest BCUT2D eigenvalue weighted by Crippen LogP contribution is 2.47. The number of benzene rings is 1. The zero-order valence-corrected chi connectivity index (χ0v) is 19.1. The third kappa shape index (κ3) is 3.92. The Bertz CT molecular complexity index is 1150. The lowest BCUT2D eigenvalue weighted by Gasteiger charge is -2.36. The standard InChI is InChI=1S/C25H26N2O5S/c28-24(19-5-3-11-30-19)26-25-22(17-4-1-2-6-21(17)33-25)23(27-9-12-29-13-10-27)16-7-8-18-20(14-16)32-15-31-18/h3,5,7-8,11,14,23H,1-2,4,6,9-10,12-13,15H2,(H,26,28)/t23-/m0/s1. The summed E-state index contributed by atoms with van der Waals surface area (Å²) < 4.78 is 22.3. The summed E-state index contributed by atoms with van der Waals surface area (Å²) in [5.41, 5.74) is 3.73. The number of fused-ring (bicyclic) bond motifs is 2. The molecule has 0 unspecified atom stereocenters. The van der Waals surface area contributed by atoms with Crippen LogP contribution in [0.4, 0.5) is 5.00 Å². The van der Waals surface area contributed by atoms with Gasteiger partial charge in [0.25, 0.3) is 5.91 Å². The molecular formula is C25H26N2O5S. The number of furan rings is 1. The Kier molecular flexibility index (Phi) is 5.57. The molecule has 6 rings (SSSR count). The van der Waals surface area contributed by atoms with E-state index in [-0.39, 0.29) is 18.7 Å². The molecule has 4 heterocycles. The highest BCUT2D eigenvalue weighted by Gasteiger charge is 2.34. The van der Waals surface area contributed by atoms with Crippen molar-refractivity contribution in [2.75, 3.05) is 38.4 Å². The molecule has 0 radical (unpaired) electrons.